The van der Waals surface area contributed by atoms with Gasteiger partial charge in [-0.1, -0.05) is 0 Å². The van der Waals surface area contributed by atoms with Crippen LogP contribution in [0, 0.1) is 5.82 Å². The number of amides is 1. The van der Waals surface area contributed by atoms with Crippen LogP contribution in [0.25, 0.3) is 0 Å². The highest BCUT2D eigenvalue weighted by atomic mass is 19.1. The van der Waals surface area contributed by atoms with Gasteiger partial charge in [-0.05, 0) is 19.1 Å². The molecular formula is C12H12FN3O2. The van der Waals surface area contributed by atoms with Crippen LogP contribution >= 0.6 is 0 Å². The second-order valence-electron chi connectivity index (χ2n) is 3.47. The third kappa shape index (κ3) is 2.65. The summed E-state index contributed by atoms with van der Waals surface area (Å²) >= 11 is 0. The molecule has 0 aliphatic heterocycles. The van der Waals surface area contributed by atoms with Gasteiger partial charge >= 0.3 is 6.03 Å². The molecular weight excluding hydrogens is 237 g/mol. The predicted octanol–water partition coefficient (Wildman–Crippen LogP) is 2.50. The molecule has 2 aromatic rings. The molecule has 18 heavy (non-hydrogen) atoms. The van der Waals surface area contributed by atoms with Gasteiger partial charge in [0.2, 0.25) is 0 Å². The number of ether oxygens (including phenoxy) is 1. The van der Waals surface area contributed by atoms with E-state index in [1.165, 1.54) is 41.5 Å². The first-order valence-electron chi connectivity index (χ1n) is 5.42. The number of carbonyl (C=O) groups excluding carboxylic acids is 1. The summed E-state index contributed by atoms with van der Waals surface area (Å²) in [5.41, 5.74) is 0.414. The molecule has 1 N–H and O–H groups in total. The summed E-state index contributed by atoms with van der Waals surface area (Å²) in [6.07, 6.45) is 4.38. The lowest BCUT2D eigenvalue weighted by Gasteiger charge is -2.11. The number of imidazole rings is 1. The van der Waals surface area contributed by atoms with E-state index in [1.807, 2.05) is 0 Å². The first-order chi connectivity index (χ1) is 8.70. The van der Waals surface area contributed by atoms with E-state index in [0.717, 1.165) is 0 Å². The van der Waals surface area contributed by atoms with E-state index in [0.29, 0.717) is 18.0 Å². The molecule has 0 radical (unpaired) electrons. The fourth-order valence-corrected chi connectivity index (χ4v) is 1.43. The zero-order chi connectivity index (χ0) is 13.0. The average Bonchev–Trinajstić information content (AvgIpc) is 2.86. The molecule has 0 aliphatic rings. The van der Waals surface area contributed by atoms with E-state index in [2.05, 4.69) is 10.3 Å². The molecule has 0 spiro atoms. The Hall–Kier alpha value is -2.37. The minimum Gasteiger partial charge on any atom is -0.492 e. The fourth-order valence-electron chi connectivity index (χ4n) is 1.43. The van der Waals surface area contributed by atoms with Gasteiger partial charge in [-0.3, -0.25) is 4.57 Å². The number of halogens is 1. The van der Waals surface area contributed by atoms with Crippen LogP contribution in [0.15, 0.2) is 36.9 Å². The Bertz CT molecular complexity index is 540. The molecule has 0 saturated carbocycles. The maximum atomic E-state index is 13.1. The van der Waals surface area contributed by atoms with Crippen molar-refractivity contribution >= 4 is 11.7 Å². The second-order valence-corrected chi connectivity index (χ2v) is 3.47. The molecule has 1 amide bonds. The van der Waals surface area contributed by atoms with E-state index in [4.69, 9.17) is 4.74 Å². The highest BCUT2D eigenvalue weighted by molar-refractivity contribution is 5.92. The van der Waals surface area contributed by atoms with E-state index >= 15 is 0 Å². The summed E-state index contributed by atoms with van der Waals surface area (Å²) in [6, 6.07) is 3.55. The van der Waals surface area contributed by atoms with Gasteiger partial charge in [-0.25, -0.2) is 14.2 Å². The Morgan fingerprint density at radius 1 is 1.56 bits per heavy atom. The Morgan fingerprint density at radius 3 is 3.06 bits per heavy atom. The summed E-state index contributed by atoms with van der Waals surface area (Å²) in [4.78, 5) is 15.5. The van der Waals surface area contributed by atoms with E-state index in [-0.39, 0.29) is 6.03 Å². The SMILES string of the molecule is CCOc1cc(F)ccc1NC(=O)n1ccnc1. The average molecular weight is 249 g/mol. The molecule has 0 unspecified atom stereocenters. The van der Waals surface area contributed by atoms with Crippen LogP contribution in [-0.2, 0) is 0 Å². The first kappa shape index (κ1) is 12.1. The van der Waals surface area contributed by atoms with Gasteiger partial charge in [0.1, 0.15) is 17.9 Å². The van der Waals surface area contributed by atoms with Crippen LogP contribution in [0.4, 0.5) is 14.9 Å². The van der Waals surface area contributed by atoms with Crippen LogP contribution in [0.1, 0.15) is 6.92 Å². The van der Waals surface area contributed by atoms with Crippen molar-refractivity contribution in [2.24, 2.45) is 0 Å². The van der Waals surface area contributed by atoms with Crippen molar-refractivity contribution in [3.05, 3.63) is 42.7 Å². The normalized spacial score (nSPS) is 10.1. The quantitative estimate of drug-likeness (QED) is 0.909. The molecule has 5 nitrogen and oxygen atoms in total. The largest absolute Gasteiger partial charge is 0.492 e. The predicted molar refractivity (Wildman–Crippen MR) is 64.2 cm³/mol. The van der Waals surface area contributed by atoms with Gasteiger partial charge in [-0.15, -0.1) is 0 Å². The Morgan fingerprint density at radius 2 is 2.39 bits per heavy atom. The highest BCUT2D eigenvalue weighted by Crippen LogP contribution is 2.25. The summed E-state index contributed by atoms with van der Waals surface area (Å²) in [7, 11) is 0. The zero-order valence-corrected chi connectivity index (χ0v) is 9.76. The van der Waals surface area contributed by atoms with Crippen molar-refractivity contribution in [1.82, 2.24) is 9.55 Å². The van der Waals surface area contributed by atoms with Crippen molar-refractivity contribution in [2.45, 2.75) is 6.92 Å². The molecule has 1 aromatic heterocycles. The maximum Gasteiger partial charge on any atom is 0.331 e. The van der Waals surface area contributed by atoms with Crippen molar-refractivity contribution in [2.75, 3.05) is 11.9 Å². The molecule has 1 heterocycles. The van der Waals surface area contributed by atoms with Crippen molar-refractivity contribution in [1.29, 1.82) is 0 Å². The van der Waals surface area contributed by atoms with Crippen LogP contribution < -0.4 is 10.1 Å². The first-order valence-corrected chi connectivity index (χ1v) is 5.42. The molecule has 0 aliphatic carbocycles. The number of anilines is 1. The molecule has 0 bridgehead atoms. The lowest BCUT2D eigenvalue weighted by atomic mass is 10.3. The number of nitrogens with zero attached hydrogens (tertiary/aromatic N) is 2. The van der Waals surface area contributed by atoms with Gasteiger partial charge < -0.3 is 10.1 Å². The van der Waals surface area contributed by atoms with Gasteiger partial charge in [-0.2, -0.15) is 0 Å². The van der Waals surface area contributed by atoms with Gasteiger partial charge in [0, 0.05) is 18.5 Å². The number of hydrogen-bond donors (Lipinski definition) is 1. The number of rotatable bonds is 3. The molecule has 0 fully saturated rings. The van der Waals surface area contributed by atoms with Crippen LogP contribution in [0.5, 0.6) is 5.75 Å². The summed E-state index contributed by atoms with van der Waals surface area (Å²) in [5.74, 6) is -0.120. The molecule has 0 atom stereocenters. The van der Waals surface area contributed by atoms with Crippen molar-refractivity contribution < 1.29 is 13.9 Å². The third-order valence-corrected chi connectivity index (χ3v) is 2.22. The summed E-state index contributed by atoms with van der Waals surface area (Å²) < 4.78 is 19.6. The van der Waals surface area contributed by atoms with Gasteiger partial charge in [0.15, 0.2) is 0 Å². The minimum atomic E-state index is -0.418. The Kier molecular flexibility index (Phi) is 3.57. The van der Waals surface area contributed by atoms with E-state index < -0.39 is 5.82 Å². The zero-order valence-electron chi connectivity index (χ0n) is 9.76. The fraction of sp³-hybridized carbons (Fsp3) is 0.167. The summed E-state index contributed by atoms with van der Waals surface area (Å²) in [6.45, 7) is 2.17. The summed E-state index contributed by atoms with van der Waals surface area (Å²) in [5, 5.41) is 2.62. The smallest absolute Gasteiger partial charge is 0.331 e. The Balaban J connectivity index is 2.20. The van der Waals surface area contributed by atoms with Gasteiger partial charge in [0.25, 0.3) is 0 Å². The molecule has 94 valence electrons. The number of aromatic nitrogens is 2. The minimum absolute atomic E-state index is 0.297. The number of hydrogen-bond acceptors (Lipinski definition) is 3. The topological polar surface area (TPSA) is 56.1 Å². The molecule has 2 rings (SSSR count). The van der Waals surface area contributed by atoms with Crippen molar-refractivity contribution in [3.63, 3.8) is 0 Å². The lowest BCUT2D eigenvalue weighted by molar-refractivity contribution is 0.253. The third-order valence-electron chi connectivity index (χ3n) is 2.22. The number of carbonyl (C=O) groups is 1. The van der Waals surface area contributed by atoms with Crippen molar-refractivity contribution in [3.8, 4) is 5.75 Å². The molecule has 6 heteroatoms. The van der Waals surface area contributed by atoms with E-state index in [9.17, 15) is 9.18 Å². The van der Waals surface area contributed by atoms with Crippen LogP contribution in [-0.4, -0.2) is 22.2 Å². The highest BCUT2D eigenvalue weighted by Gasteiger charge is 2.09. The second kappa shape index (κ2) is 5.31. The molecule has 0 saturated heterocycles. The number of nitrogens with one attached hydrogen (secondary N) is 1. The van der Waals surface area contributed by atoms with Crippen LogP contribution in [0.3, 0.4) is 0 Å². The lowest BCUT2D eigenvalue weighted by Crippen LogP contribution is -2.18. The van der Waals surface area contributed by atoms with E-state index in [1.54, 1.807) is 6.92 Å². The Labute approximate surface area is 103 Å². The van der Waals surface area contributed by atoms with Gasteiger partial charge in [0.05, 0.1) is 12.3 Å². The monoisotopic (exact) mass is 249 g/mol. The van der Waals surface area contributed by atoms with Crippen LogP contribution in [0.2, 0.25) is 0 Å². The molecule has 1 aromatic carbocycles. The standard InChI is InChI=1S/C12H12FN3O2/c1-2-18-11-7-9(13)3-4-10(11)15-12(17)16-6-5-14-8-16/h3-8H,2H2,1H3,(H,15,17). The maximum absolute atomic E-state index is 13.1. The number of benzene rings is 1.